The van der Waals surface area contributed by atoms with Gasteiger partial charge in [-0.25, -0.2) is 0 Å². The molecule has 0 spiro atoms. The Morgan fingerprint density at radius 2 is 1.96 bits per heavy atom. The number of fused-ring (bicyclic) bond motifs is 5. The quantitative estimate of drug-likeness (QED) is 0.393. The Hall–Kier alpha value is -1.11. The molecule has 1 heteroatoms. The zero-order valence-corrected chi connectivity index (χ0v) is 17.2. The van der Waals surface area contributed by atoms with Gasteiger partial charge in [-0.3, -0.25) is 4.99 Å². The minimum Gasteiger partial charge on any atom is -0.290 e. The summed E-state index contributed by atoms with van der Waals surface area (Å²) in [5.74, 6) is 3.44. The Balaban J connectivity index is 1.61. The minimum absolute atomic E-state index is 0.454. The molecule has 4 aliphatic rings. The molecule has 26 heavy (non-hydrogen) atoms. The molecule has 0 aliphatic heterocycles. The molecule has 4 rings (SSSR count). The highest BCUT2D eigenvalue weighted by atomic mass is 14.8. The van der Waals surface area contributed by atoms with Gasteiger partial charge < -0.3 is 0 Å². The first-order chi connectivity index (χ1) is 12.4. The van der Waals surface area contributed by atoms with E-state index in [4.69, 9.17) is 4.99 Å². The van der Waals surface area contributed by atoms with Gasteiger partial charge in [0.1, 0.15) is 0 Å². The minimum atomic E-state index is 0.454. The van der Waals surface area contributed by atoms with Crippen LogP contribution in [0.1, 0.15) is 72.1 Å². The second kappa shape index (κ2) is 6.50. The molecule has 0 N–H and O–H groups in total. The first kappa shape index (κ1) is 18.3. The van der Waals surface area contributed by atoms with Gasteiger partial charge in [0, 0.05) is 11.6 Å². The third-order valence-corrected chi connectivity index (χ3v) is 9.05. The van der Waals surface area contributed by atoms with Crippen molar-refractivity contribution in [1.82, 2.24) is 0 Å². The van der Waals surface area contributed by atoms with Crippen molar-refractivity contribution in [1.29, 1.82) is 0 Å². The van der Waals surface area contributed by atoms with Gasteiger partial charge in [0.25, 0.3) is 0 Å². The van der Waals surface area contributed by atoms with Gasteiger partial charge in [0.2, 0.25) is 0 Å². The van der Waals surface area contributed by atoms with Crippen LogP contribution in [0.4, 0.5) is 0 Å². The highest BCUT2D eigenvalue weighted by Gasteiger charge is 2.59. The van der Waals surface area contributed by atoms with Crippen molar-refractivity contribution in [3.63, 3.8) is 0 Å². The maximum atomic E-state index is 4.83. The number of hydrogen-bond donors (Lipinski definition) is 0. The highest BCUT2D eigenvalue weighted by Crippen LogP contribution is 2.67. The fraction of sp³-hybridized carbons (Fsp3) is 0.720. The lowest BCUT2D eigenvalue weighted by atomic mass is 9.46. The molecule has 0 aromatic rings. The number of rotatable bonds is 3. The van der Waals surface area contributed by atoms with E-state index < -0.39 is 0 Å². The predicted molar refractivity (Wildman–Crippen MR) is 113 cm³/mol. The van der Waals surface area contributed by atoms with Crippen LogP contribution in [-0.4, -0.2) is 12.3 Å². The second-order valence-electron chi connectivity index (χ2n) is 10.1. The average molecular weight is 352 g/mol. The van der Waals surface area contributed by atoms with Gasteiger partial charge in [-0.05, 0) is 86.9 Å². The van der Waals surface area contributed by atoms with Gasteiger partial charge in [-0.2, -0.15) is 0 Å². The molecule has 6 atom stereocenters. The maximum absolute atomic E-state index is 4.83. The SMILES string of the molecule is C=CCN=C(C)C1CCC2C3CCC4=CC(=C)CCC4(C)C3CCC12C. The van der Waals surface area contributed by atoms with E-state index in [1.807, 2.05) is 6.08 Å². The predicted octanol–water partition coefficient (Wildman–Crippen LogP) is 6.77. The van der Waals surface area contributed by atoms with Crippen LogP contribution in [0.2, 0.25) is 0 Å². The summed E-state index contributed by atoms with van der Waals surface area (Å²) in [4.78, 5) is 4.83. The molecule has 0 amide bonds. The zero-order valence-electron chi connectivity index (χ0n) is 17.2. The van der Waals surface area contributed by atoms with Crippen LogP contribution in [0.5, 0.6) is 0 Å². The smallest absolute Gasteiger partial charge is 0.0567 e. The molecular formula is C25H37N. The summed E-state index contributed by atoms with van der Waals surface area (Å²) < 4.78 is 0. The summed E-state index contributed by atoms with van der Waals surface area (Å²) in [6.07, 6.45) is 15.3. The fourth-order valence-electron chi connectivity index (χ4n) is 7.65. The first-order valence-electron chi connectivity index (χ1n) is 10.9. The molecule has 0 heterocycles. The molecule has 142 valence electrons. The molecule has 0 saturated heterocycles. The van der Waals surface area contributed by atoms with Gasteiger partial charge >= 0.3 is 0 Å². The summed E-state index contributed by atoms with van der Waals surface area (Å²) in [6.45, 7) is 16.4. The third kappa shape index (κ3) is 2.60. The molecule has 0 aromatic heterocycles. The van der Waals surface area contributed by atoms with Gasteiger partial charge in [-0.1, -0.05) is 43.7 Å². The molecule has 0 bridgehead atoms. The largest absolute Gasteiger partial charge is 0.290 e. The molecule has 4 aliphatic carbocycles. The maximum Gasteiger partial charge on any atom is 0.0567 e. The van der Waals surface area contributed by atoms with Crippen LogP contribution in [0, 0.1) is 34.5 Å². The zero-order chi connectivity index (χ0) is 18.5. The summed E-state index contributed by atoms with van der Waals surface area (Å²) in [7, 11) is 0. The molecular weight excluding hydrogens is 314 g/mol. The summed E-state index contributed by atoms with van der Waals surface area (Å²) >= 11 is 0. The average Bonchev–Trinajstić information content (AvgIpc) is 2.97. The highest BCUT2D eigenvalue weighted by molar-refractivity contribution is 5.85. The first-order valence-corrected chi connectivity index (χ1v) is 10.9. The monoisotopic (exact) mass is 351 g/mol. The Morgan fingerprint density at radius 3 is 2.73 bits per heavy atom. The molecule has 0 aromatic carbocycles. The molecule has 0 radical (unpaired) electrons. The van der Waals surface area contributed by atoms with Crippen molar-refractivity contribution in [2.45, 2.75) is 72.1 Å². The van der Waals surface area contributed by atoms with Crippen molar-refractivity contribution in [3.05, 3.63) is 36.5 Å². The van der Waals surface area contributed by atoms with E-state index in [-0.39, 0.29) is 0 Å². The van der Waals surface area contributed by atoms with Crippen molar-refractivity contribution in [2.75, 3.05) is 6.54 Å². The van der Waals surface area contributed by atoms with Crippen LogP contribution < -0.4 is 0 Å². The van der Waals surface area contributed by atoms with Gasteiger partial charge in [-0.15, -0.1) is 6.58 Å². The Bertz CT molecular complexity index is 668. The summed E-state index contributed by atoms with van der Waals surface area (Å²) in [5.41, 5.74) is 5.43. The van der Waals surface area contributed by atoms with Crippen molar-refractivity contribution < 1.29 is 0 Å². The van der Waals surface area contributed by atoms with Crippen LogP contribution in [-0.2, 0) is 0 Å². The van der Waals surface area contributed by atoms with E-state index in [1.54, 1.807) is 5.57 Å². The summed E-state index contributed by atoms with van der Waals surface area (Å²) in [5, 5.41) is 0. The third-order valence-electron chi connectivity index (χ3n) is 9.05. The molecule has 6 unspecified atom stereocenters. The van der Waals surface area contributed by atoms with E-state index in [0.717, 1.165) is 24.3 Å². The number of allylic oxidation sites excluding steroid dienone is 3. The molecule has 1 nitrogen and oxygen atoms in total. The van der Waals surface area contributed by atoms with Crippen molar-refractivity contribution >= 4 is 5.71 Å². The Kier molecular flexibility index (Phi) is 4.56. The summed E-state index contributed by atoms with van der Waals surface area (Å²) in [6, 6.07) is 0. The molecule has 3 fully saturated rings. The van der Waals surface area contributed by atoms with Gasteiger partial charge in [0.05, 0.1) is 6.54 Å². The lowest BCUT2D eigenvalue weighted by molar-refractivity contribution is -0.0417. The van der Waals surface area contributed by atoms with Crippen LogP contribution in [0.25, 0.3) is 0 Å². The van der Waals surface area contributed by atoms with Gasteiger partial charge in [0.15, 0.2) is 0 Å². The van der Waals surface area contributed by atoms with Crippen molar-refractivity contribution in [2.24, 2.45) is 39.5 Å². The number of hydrogen-bond acceptors (Lipinski definition) is 1. The standard InChI is InChI=1S/C25H37N/c1-6-15-26-18(3)21-9-10-22-20-8-7-19-16-17(2)11-13-24(19,4)23(20)12-14-25(21,22)5/h6,16,20-23H,1-2,7-15H2,3-5H3. The van der Waals surface area contributed by atoms with E-state index in [1.165, 1.54) is 62.7 Å². The second-order valence-corrected chi connectivity index (χ2v) is 10.1. The fourth-order valence-corrected chi connectivity index (χ4v) is 7.65. The lowest BCUT2D eigenvalue weighted by Gasteiger charge is -2.58. The Morgan fingerprint density at radius 1 is 1.15 bits per heavy atom. The van der Waals surface area contributed by atoms with E-state index in [0.29, 0.717) is 16.7 Å². The Labute approximate surface area is 160 Å². The van der Waals surface area contributed by atoms with E-state index in [9.17, 15) is 0 Å². The normalized spacial score (nSPS) is 45.4. The van der Waals surface area contributed by atoms with E-state index >= 15 is 0 Å². The topological polar surface area (TPSA) is 12.4 Å². The van der Waals surface area contributed by atoms with Crippen LogP contribution in [0.3, 0.4) is 0 Å². The van der Waals surface area contributed by atoms with Crippen LogP contribution in [0.15, 0.2) is 41.4 Å². The van der Waals surface area contributed by atoms with E-state index in [2.05, 4.69) is 40.0 Å². The van der Waals surface area contributed by atoms with Crippen LogP contribution >= 0.6 is 0 Å². The number of aliphatic imine (C=N–C) groups is 1. The van der Waals surface area contributed by atoms with Crippen molar-refractivity contribution in [3.8, 4) is 0 Å². The molecule has 3 saturated carbocycles. The lowest BCUT2D eigenvalue weighted by Crippen LogP contribution is -2.50. The number of nitrogens with zero attached hydrogens (tertiary/aromatic N) is 1.